The standard InChI is InChI=1S/C29H24F8O5/c1-2-3-16-40-22-12-8-19(9-13-22)18-4-6-21(7-5-18)25(39)42-23-14-10-20(11-15-23)24(38)41-17-27(32,33)29(36,37)28(34,35)26(30)31/h4-15,26H,2-3,16-17H2,1H3. The lowest BCUT2D eigenvalue weighted by Gasteiger charge is -2.31. The van der Waals surface area contributed by atoms with Crippen LogP contribution in [0.4, 0.5) is 35.1 Å². The van der Waals surface area contributed by atoms with Crippen molar-refractivity contribution < 1.29 is 58.9 Å². The van der Waals surface area contributed by atoms with E-state index in [1.165, 1.54) is 12.1 Å². The van der Waals surface area contributed by atoms with Gasteiger partial charge in [0.05, 0.1) is 17.7 Å². The van der Waals surface area contributed by atoms with Crippen LogP contribution < -0.4 is 9.47 Å². The SMILES string of the molecule is CCCCOc1ccc(-c2ccc(C(=O)Oc3ccc(C(=O)OCC(F)(F)C(F)(F)C(F)(F)C(F)F)cc3)cc2)cc1. The largest absolute Gasteiger partial charge is 0.494 e. The quantitative estimate of drug-likeness (QED) is 0.0855. The van der Waals surface area contributed by atoms with Crippen LogP contribution in [0.3, 0.4) is 0 Å². The first-order valence-corrected chi connectivity index (χ1v) is 12.4. The number of benzene rings is 3. The molecule has 0 heterocycles. The number of unbranched alkanes of at least 4 members (excludes halogenated alkanes) is 1. The van der Waals surface area contributed by atoms with Crippen LogP contribution in [-0.4, -0.2) is 49.3 Å². The average Bonchev–Trinajstić information content (AvgIpc) is 2.96. The second-order valence-electron chi connectivity index (χ2n) is 9.00. The van der Waals surface area contributed by atoms with Crippen LogP contribution in [0.25, 0.3) is 11.1 Å². The van der Waals surface area contributed by atoms with Crippen LogP contribution in [0.1, 0.15) is 40.5 Å². The van der Waals surface area contributed by atoms with Crippen molar-refractivity contribution in [1.29, 1.82) is 0 Å². The highest BCUT2D eigenvalue weighted by Crippen LogP contribution is 2.48. The van der Waals surface area contributed by atoms with Gasteiger partial charge in [-0.25, -0.2) is 18.4 Å². The summed E-state index contributed by atoms with van der Waals surface area (Å²) in [5.41, 5.74) is 1.37. The molecule has 0 radical (unpaired) electrons. The summed E-state index contributed by atoms with van der Waals surface area (Å²) in [4.78, 5) is 24.4. The number of hydrogen-bond donors (Lipinski definition) is 0. The van der Waals surface area contributed by atoms with Crippen LogP contribution in [0.5, 0.6) is 11.5 Å². The Bertz CT molecular complexity index is 1340. The molecule has 0 aromatic heterocycles. The molecule has 0 aliphatic heterocycles. The van der Waals surface area contributed by atoms with E-state index >= 15 is 0 Å². The van der Waals surface area contributed by atoms with Crippen LogP contribution in [-0.2, 0) is 4.74 Å². The Morgan fingerprint density at radius 1 is 0.714 bits per heavy atom. The Labute approximate surface area is 235 Å². The fourth-order valence-corrected chi connectivity index (χ4v) is 3.41. The smallest absolute Gasteiger partial charge is 0.381 e. The van der Waals surface area contributed by atoms with Crippen molar-refractivity contribution in [2.45, 2.75) is 44.0 Å². The molecule has 0 saturated heterocycles. The van der Waals surface area contributed by atoms with Crippen molar-refractivity contribution in [2.75, 3.05) is 13.2 Å². The van der Waals surface area contributed by atoms with E-state index in [1.807, 2.05) is 24.3 Å². The molecule has 226 valence electrons. The topological polar surface area (TPSA) is 61.8 Å². The molecule has 0 spiro atoms. The van der Waals surface area contributed by atoms with E-state index in [2.05, 4.69) is 11.7 Å². The molecule has 0 N–H and O–H groups in total. The number of carbonyl (C=O) groups is 2. The van der Waals surface area contributed by atoms with Gasteiger partial charge in [0.15, 0.2) is 6.61 Å². The fourth-order valence-electron chi connectivity index (χ4n) is 3.41. The molecule has 42 heavy (non-hydrogen) atoms. The Morgan fingerprint density at radius 3 is 1.71 bits per heavy atom. The number of ether oxygens (including phenoxy) is 3. The molecule has 0 atom stereocenters. The number of carbonyl (C=O) groups excluding carboxylic acids is 2. The molecule has 3 rings (SSSR count). The third kappa shape index (κ3) is 7.37. The maximum atomic E-state index is 13.6. The van der Waals surface area contributed by atoms with Crippen LogP contribution in [0.2, 0.25) is 0 Å². The molecule has 0 fully saturated rings. The molecule has 0 amide bonds. The van der Waals surface area contributed by atoms with E-state index in [0.29, 0.717) is 6.61 Å². The summed E-state index contributed by atoms with van der Waals surface area (Å²) < 4.78 is 119. The van der Waals surface area contributed by atoms with Crippen molar-refractivity contribution in [3.63, 3.8) is 0 Å². The minimum Gasteiger partial charge on any atom is -0.494 e. The maximum absolute atomic E-state index is 13.6. The fraction of sp³-hybridized carbons (Fsp3) is 0.310. The lowest BCUT2D eigenvalue weighted by atomic mass is 10.0. The first-order chi connectivity index (χ1) is 19.7. The highest BCUT2D eigenvalue weighted by molar-refractivity contribution is 5.92. The Morgan fingerprint density at radius 2 is 1.19 bits per heavy atom. The molecule has 3 aromatic carbocycles. The van der Waals surface area contributed by atoms with Crippen molar-refractivity contribution >= 4 is 11.9 Å². The zero-order valence-electron chi connectivity index (χ0n) is 21.9. The van der Waals surface area contributed by atoms with Crippen molar-refractivity contribution in [3.8, 4) is 22.6 Å². The summed E-state index contributed by atoms with van der Waals surface area (Å²) in [6.07, 6.45) is -3.12. The molecule has 0 aliphatic rings. The van der Waals surface area contributed by atoms with Crippen molar-refractivity contribution in [1.82, 2.24) is 0 Å². The van der Waals surface area contributed by atoms with Gasteiger partial charge in [-0.2, -0.15) is 26.3 Å². The van der Waals surface area contributed by atoms with Crippen molar-refractivity contribution in [2.24, 2.45) is 0 Å². The number of rotatable bonds is 13. The minimum atomic E-state index is -6.50. The molecule has 0 saturated carbocycles. The first-order valence-electron chi connectivity index (χ1n) is 12.4. The second-order valence-corrected chi connectivity index (χ2v) is 9.00. The molecule has 5 nitrogen and oxygen atoms in total. The zero-order valence-corrected chi connectivity index (χ0v) is 21.9. The monoisotopic (exact) mass is 604 g/mol. The third-order valence-electron chi connectivity index (χ3n) is 5.91. The number of hydrogen-bond acceptors (Lipinski definition) is 5. The summed E-state index contributed by atoms with van der Waals surface area (Å²) in [6.45, 7) is 0.0910. The second kappa shape index (κ2) is 13.2. The van der Waals surface area contributed by atoms with Gasteiger partial charge in [-0.15, -0.1) is 0 Å². The van der Waals surface area contributed by atoms with Gasteiger partial charge in [0.2, 0.25) is 0 Å². The Kier molecular flexibility index (Phi) is 10.2. The summed E-state index contributed by atoms with van der Waals surface area (Å²) in [6, 6.07) is 17.8. The number of esters is 2. The molecule has 0 unspecified atom stereocenters. The van der Waals surface area contributed by atoms with E-state index in [9.17, 15) is 44.7 Å². The van der Waals surface area contributed by atoms with Gasteiger partial charge in [-0.1, -0.05) is 37.6 Å². The summed E-state index contributed by atoms with van der Waals surface area (Å²) >= 11 is 0. The van der Waals surface area contributed by atoms with Gasteiger partial charge in [0, 0.05) is 0 Å². The van der Waals surface area contributed by atoms with Gasteiger partial charge in [0.25, 0.3) is 0 Å². The van der Waals surface area contributed by atoms with Gasteiger partial charge >= 0.3 is 36.1 Å². The van der Waals surface area contributed by atoms with Crippen LogP contribution >= 0.6 is 0 Å². The average molecular weight is 604 g/mol. The van der Waals surface area contributed by atoms with E-state index in [1.54, 1.807) is 12.1 Å². The molecule has 0 bridgehead atoms. The van der Waals surface area contributed by atoms with E-state index in [-0.39, 0.29) is 11.3 Å². The molecule has 3 aromatic rings. The van der Waals surface area contributed by atoms with E-state index in [0.717, 1.165) is 54.0 Å². The van der Waals surface area contributed by atoms with Gasteiger partial charge in [-0.3, -0.25) is 0 Å². The maximum Gasteiger partial charge on any atom is 0.381 e. The Balaban J connectivity index is 1.57. The zero-order chi connectivity index (χ0) is 31.1. The predicted octanol–water partition coefficient (Wildman–Crippen LogP) is 8.08. The lowest BCUT2D eigenvalue weighted by molar-refractivity contribution is -0.343. The van der Waals surface area contributed by atoms with Crippen LogP contribution in [0.15, 0.2) is 72.8 Å². The van der Waals surface area contributed by atoms with E-state index in [4.69, 9.17) is 9.47 Å². The molecule has 0 aliphatic carbocycles. The number of halogens is 8. The van der Waals surface area contributed by atoms with Gasteiger partial charge in [0.1, 0.15) is 11.5 Å². The van der Waals surface area contributed by atoms with Crippen molar-refractivity contribution in [3.05, 3.63) is 83.9 Å². The highest BCUT2D eigenvalue weighted by atomic mass is 19.4. The van der Waals surface area contributed by atoms with Gasteiger partial charge in [-0.05, 0) is 66.1 Å². The highest BCUT2D eigenvalue weighted by Gasteiger charge is 2.75. The lowest BCUT2D eigenvalue weighted by Crippen LogP contribution is -2.59. The molecule has 13 heteroatoms. The van der Waals surface area contributed by atoms with E-state index < -0.39 is 48.3 Å². The molecular weight excluding hydrogens is 580 g/mol. The summed E-state index contributed by atoms with van der Waals surface area (Å²) in [5, 5.41) is 0. The normalized spacial score (nSPS) is 12.2. The van der Waals surface area contributed by atoms with Crippen LogP contribution in [0, 0.1) is 0 Å². The predicted molar refractivity (Wildman–Crippen MR) is 135 cm³/mol. The first kappa shape index (κ1) is 32.4. The summed E-state index contributed by atoms with van der Waals surface area (Å²) in [5.74, 6) is -20.5. The van der Waals surface area contributed by atoms with Gasteiger partial charge < -0.3 is 14.2 Å². The third-order valence-corrected chi connectivity index (χ3v) is 5.91. The molecular formula is C29H24F8O5. The summed E-state index contributed by atoms with van der Waals surface area (Å²) in [7, 11) is 0. The Hall–Kier alpha value is -4.16. The minimum absolute atomic E-state index is 0.0901. The number of alkyl halides is 8.